The molecule has 1 saturated heterocycles. The number of nitrogens with zero attached hydrogens (tertiary/aromatic N) is 4. The van der Waals surface area contributed by atoms with Gasteiger partial charge in [-0.05, 0) is 43.5 Å². The molecule has 0 saturated carbocycles. The third kappa shape index (κ3) is 3.37. The molecular weight excluding hydrogens is 406 g/mol. The lowest BCUT2D eigenvalue weighted by molar-refractivity contribution is 0.0783. The molecule has 162 valence electrons. The van der Waals surface area contributed by atoms with Gasteiger partial charge in [0.1, 0.15) is 17.2 Å². The first kappa shape index (κ1) is 20.1. The van der Waals surface area contributed by atoms with Crippen LogP contribution in [0.15, 0.2) is 59.7 Å². The van der Waals surface area contributed by atoms with Crippen molar-refractivity contribution in [2.24, 2.45) is 0 Å². The maximum absolute atomic E-state index is 12.9. The van der Waals surface area contributed by atoms with Gasteiger partial charge in [0, 0.05) is 43.0 Å². The van der Waals surface area contributed by atoms with E-state index in [1.807, 2.05) is 52.8 Å². The average Bonchev–Trinajstić information content (AvgIpc) is 3.39. The smallest absolute Gasteiger partial charge is 0.285 e. The fraction of sp³-hybridized carbons (Fsp3) is 0.292. The number of rotatable bonds is 3. The molecule has 2 aromatic heterocycles. The van der Waals surface area contributed by atoms with Gasteiger partial charge in [-0.2, -0.15) is 4.98 Å². The van der Waals surface area contributed by atoms with Crippen LogP contribution in [-0.4, -0.2) is 44.3 Å². The molecule has 2 amide bonds. The summed E-state index contributed by atoms with van der Waals surface area (Å²) in [5.74, 6) is 0.555. The highest BCUT2D eigenvalue weighted by Gasteiger charge is 2.47. The van der Waals surface area contributed by atoms with E-state index >= 15 is 0 Å². The van der Waals surface area contributed by atoms with Gasteiger partial charge < -0.3 is 14.8 Å². The zero-order chi connectivity index (χ0) is 22.3. The number of nitrogens with one attached hydrogen (secondary N) is 1. The van der Waals surface area contributed by atoms with Crippen molar-refractivity contribution in [2.75, 3.05) is 18.4 Å². The summed E-state index contributed by atoms with van der Waals surface area (Å²) in [7, 11) is 0. The van der Waals surface area contributed by atoms with E-state index in [0.717, 1.165) is 18.4 Å². The van der Waals surface area contributed by atoms with Gasteiger partial charge in [0.25, 0.3) is 17.4 Å². The van der Waals surface area contributed by atoms with Gasteiger partial charge in [0.15, 0.2) is 0 Å². The van der Waals surface area contributed by atoms with E-state index in [0.29, 0.717) is 36.8 Å². The Kier molecular flexibility index (Phi) is 4.84. The van der Waals surface area contributed by atoms with Gasteiger partial charge in [-0.1, -0.05) is 24.3 Å². The lowest BCUT2D eigenvalue weighted by Crippen LogP contribution is -2.36. The first-order valence-corrected chi connectivity index (χ1v) is 10.7. The number of fused-ring (bicyclic) bond motifs is 2. The minimum atomic E-state index is -0.559. The number of anilines is 1. The first-order valence-electron chi connectivity index (χ1n) is 10.7. The monoisotopic (exact) mass is 429 g/mol. The van der Waals surface area contributed by atoms with Crippen molar-refractivity contribution in [3.05, 3.63) is 87.7 Å². The van der Waals surface area contributed by atoms with Crippen molar-refractivity contribution < 1.29 is 9.59 Å². The highest BCUT2D eigenvalue weighted by atomic mass is 16.2. The molecule has 0 unspecified atom stereocenters. The van der Waals surface area contributed by atoms with E-state index in [-0.39, 0.29) is 16.9 Å². The molecule has 0 bridgehead atoms. The molecule has 8 nitrogen and oxygen atoms in total. The predicted octanol–water partition coefficient (Wildman–Crippen LogP) is 2.39. The van der Waals surface area contributed by atoms with Crippen LogP contribution >= 0.6 is 0 Å². The summed E-state index contributed by atoms with van der Waals surface area (Å²) in [5, 5.41) is 2.70. The molecule has 2 aliphatic rings. The van der Waals surface area contributed by atoms with Crippen LogP contribution in [-0.2, 0) is 12.0 Å². The highest BCUT2D eigenvalue weighted by molar-refractivity contribution is 6.03. The van der Waals surface area contributed by atoms with Crippen LogP contribution in [0.2, 0.25) is 0 Å². The van der Waals surface area contributed by atoms with Crippen molar-refractivity contribution in [2.45, 2.75) is 31.7 Å². The van der Waals surface area contributed by atoms with Crippen molar-refractivity contribution in [3.63, 3.8) is 0 Å². The Morgan fingerprint density at radius 2 is 1.84 bits per heavy atom. The first-order chi connectivity index (χ1) is 15.5. The van der Waals surface area contributed by atoms with Crippen LogP contribution < -0.4 is 10.9 Å². The number of carbonyl (C=O) groups is 2. The Hall–Kier alpha value is -3.81. The fourth-order valence-corrected chi connectivity index (χ4v) is 4.68. The number of hydrogen-bond donors (Lipinski definition) is 1. The molecule has 1 N–H and O–H groups in total. The molecule has 1 atom stereocenters. The minimum Gasteiger partial charge on any atom is -0.338 e. The van der Waals surface area contributed by atoms with E-state index in [4.69, 9.17) is 0 Å². The van der Waals surface area contributed by atoms with E-state index in [1.165, 1.54) is 0 Å². The average molecular weight is 429 g/mol. The highest BCUT2D eigenvalue weighted by Crippen LogP contribution is 2.41. The molecule has 1 spiro atoms. The standard InChI is InChI=1S/C24H23N5O3/c1-16-6-5-11-25-19(16)26-20(30)18-14-28-12-9-24(23(28)27-21(18)31)10-13-29(15-24)22(32)17-7-3-2-4-8-17/h2-8,11,14H,9-10,12-13,15H2,1H3,(H,25,26,30)/t24-/m0/s1. The third-order valence-electron chi connectivity index (χ3n) is 6.45. The second kappa shape index (κ2) is 7.71. The number of hydrogen-bond acceptors (Lipinski definition) is 5. The maximum Gasteiger partial charge on any atom is 0.285 e. The number of pyridine rings is 1. The molecule has 1 aromatic carbocycles. The second-order valence-electron chi connectivity index (χ2n) is 8.47. The summed E-state index contributed by atoms with van der Waals surface area (Å²) in [5.41, 5.74) is 0.548. The van der Waals surface area contributed by atoms with Gasteiger partial charge in [-0.3, -0.25) is 14.4 Å². The normalized spacial score (nSPS) is 19.2. The summed E-state index contributed by atoms with van der Waals surface area (Å²) in [4.78, 5) is 48.7. The van der Waals surface area contributed by atoms with Crippen LogP contribution in [0.3, 0.4) is 0 Å². The van der Waals surface area contributed by atoms with Gasteiger partial charge in [0.2, 0.25) is 0 Å². The Labute approximate surface area is 184 Å². The van der Waals surface area contributed by atoms with Crippen LogP contribution in [0, 0.1) is 6.92 Å². The summed E-state index contributed by atoms with van der Waals surface area (Å²) >= 11 is 0. The summed E-state index contributed by atoms with van der Waals surface area (Å²) < 4.78 is 1.89. The van der Waals surface area contributed by atoms with E-state index in [1.54, 1.807) is 18.5 Å². The zero-order valence-electron chi connectivity index (χ0n) is 17.7. The fourth-order valence-electron chi connectivity index (χ4n) is 4.68. The number of carbonyl (C=O) groups excluding carboxylic acids is 2. The SMILES string of the molecule is Cc1cccnc1NC(=O)c1cn2c(nc1=O)[C@]1(CCN(C(=O)c3ccccc3)C1)CC2. The van der Waals surface area contributed by atoms with E-state index in [2.05, 4.69) is 15.3 Å². The molecule has 0 aliphatic carbocycles. The number of aryl methyl sites for hydroxylation is 2. The number of aromatic nitrogens is 3. The molecule has 4 heterocycles. The van der Waals surface area contributed by atoms with Crippen LogP contribution in [0.4, 0.5) is 5.82 Å². The Morgan fingerprint density at radius 3 is 2.62 bits per heavy atom. The maximum atomic E-state index is 12.9. The topological polar surface area (TPSA) is 97.2 Å². The number of benzene rings is 1. The molecular formula is C24H23N5O3. The Bertz CT molecular complexity index is 1270. The number of amides is 2. The number of likely N-dealkylation sites (tertiary alicyclic amines) is 1. The van der Waals surface area contributed by atoms with Gasteiger partial charge in [-0.15, -0.1) is 0 Å². The second-order valence-corrected chi connectivity index (χ2v) is 8.47. The molecule has 5 rings (SSSR count). The van der Waals surface area contributed by atoms with Gasteiger partial charge in [0.05, 0.1) is 0 Å². The van der Waals surface area contributed by atoms with Gasteiger partial charge >= 0.3 is 0 Å². The predicted molar refractivity (Wildman–Crippen MR) is 119 cm³/mol. The quantitative estimate of drug-likeness (QED) is 0.690. The molecule has 8 heteroatoms. The summed E-state index contributed by atoms with van der Waals surface area (Å²) in [6, 6.07) is 12.8. The molecule has 0 radical (unpaired) electrons. The van der Waals surface area contributed by atoms with Crippen molar-refractivity contribution in [1.82, 2.24) is 19.4 Å². The van der Waals surface area contributed by atoms with Gasteiger partial charge in [-0.25, -0.2) is 4.98 Å². The van der Waals surface area contributed by atoms with Crippen LogP contribution in [0.5, 0.6) is 0 Å². The van der Waals surface area contributed by atoms with E-state index < -0.39 is 11.5 Å². The van der Waals surface area contributed by atoms with Crippen molar-refractivity contribution >= 4 is 17.6 Å². The lowest BCUT2D eigenvalue weighted by Gasteiger charge is -2.23. The van der Waals surface area contributed by atoms with Crippen LogP contribution in [0.1, 0.15) is 44.9 Å². The summed E-state index contributed by atoms with van der Waals surface area (Å²) in [6.07, 6.45) is 4.70. The molecule has 1 fully saturated rings. The van der Waals surface area contributed by atoms with Crippen LogP contribution in [0.25, 0.3) is 0 Å². The molecule has 32 heavy (non-hydrogen) atoms. The van der Waals surface area contributed by atoms with Crippen molar-refractivity contribution in [1.29, 1.82) is 0 Å². The minimum absolute atomic E-state index is 0.00827. The molecule has 2 aliphatic heterocycles. The summed E-state index contributed by atoms with van der Waals surface area (Å²) in [6.45, 7) is 3.62. The van der Waals surface area contributed by atoms with E-state index in [9.17, 15) is 14.4 Å². The Morgan fingerprint density at radius 1 is 1.06 bits per heavy atom. The largest absolute Gasteiger partial charge is 0.338 e. The zero-order valence-corrected chi connectivity index (χ0v) is 17.7. The third-order valence-corrected chi connectivity index (χ3v) is 6.45. The molecule has 3 aromatic rings. The van der Waals surface area contributed by atoms with Crippen molar-refractivity contribution in [3.8, 4) is 0 Å². The lowest BCUT2D eigenvalue weighted by atomic mass is 9.85. The Balaban J connectivity index is 1.39.